The van der Waals surface area contributed by atoms with Crippen molar-refractivity contribution >= 4 is 46.2 Å². The minimum atomic E-state index is -0.804. The molecule has 0 saturated heterocycles. The number of carbonyl (C=O) groups excluding carboxylic acids is 1. The molecular weight excluding hydrogens is 328 g/mol. The molecule has 1 atom stereocenters. The van der Waals surface area contributed by atoms with E-state index in [1.807, 2.05) is 0 Å². The molecule has 4 nitrogen and oxygen atoms in total. The molecule has 7 heteroatoms. The van der Waals surface area contributed by atoms with Crippen molar-refractivity contribution in [1.82, 2.24) is 0 Å². The second-order valence-corrected chi connectivity index (χ2v) is 5.75. The molecule has 0 spiro atoms. The Kier molecular flexibility index (Phi) is 3.95. The Labute approximate surface area is 136 Å². The first-order chi connectivity index (χ1) is 10.5. The molecule has 0 radical (unpaired) electrons. The summed E-state index contributed by atoms with van der Waals surface area (Å²) >= 11 is 12.0. The van der Waals surface area contributed by atoms with Crippen molar-refractivity contribution in [2.24, 2.45) is 5.73 Å². The fourth-order valence-corrected chi connectivity index (χ4v) is 2.65. The van der Waals surface area contributed by atoms with E-state index in [4.69, 9.17) is 28.9 Å². The van der Waals surface area contributed by atoms with Gasteiger partial charge in [0, 0.05) is 12.2 Å². The van der Waals surface area contributed by atoms with Crippen LogP contribution in [-0.4, -0.2) is 18.5 Å². The molecule has 1 aliphatic heterocycles. The van der Waals surface area contributed by atoms with Gasteiger partial charge in [-0.05, 0) is 30.3 Å². The number of amides is 1. The van der Waals surface area contributed by atoms with Gasteiger partial charge >= 0.3 is 0 Å². The Bertz CT molecular complexity index is 754. The summed E-state index contributed by atoms with van der Waals surface area (Å²) in [5, 5.41) is 3.31. The number of hydrogen-bond acceptors (Lipinski definition) is 3. The van der Waals surface area contributed by atoms with E-state index in [1.165, 1.54) is 6.07 Å². The van der Waals surface area contributed by atoms with Crippen molar-refractivity contribution in [3.05, 3.63) is 52.3 Å². The zero-order chi connectivity index (χ0) is 15.9. The first-order valence-electron chi connectivity index (χ1n) is 6.55. The van der Waals surface area contributed by atoms with Gasteiger partial charge in [0.05, 0.1) is 15.7 Å². The molecule has 2 aromatic carbocycles. The van der Waals surface area contributed by atoms with Gasteiger partial charge in [-0.15, -0.1) is 0 Å². The average Bonchev–Trinajstić information content (AvgIpc) is 2.61. The summed E-state index contributed by atoms with van der Waals surface area (Å²) in [6, 6.07) is 8.79. The topological polar surface area (TPSA) is 58.4 Å². The minimum absolute atomic E-state index is 0.103. The van der Waals surface area contributed by atoms with E-state index in [1.54, 1.807) is 35.2 Å². The maximum absolute atomic E-state index is 14.1. The third kappa shape index (κ3) is 2.63. The molecule has 1 unspecified atom stereocenters. The Morgan fingerprint density at radius 3 is 2.73 bits per heavy atom. The Morgan fingerprint density at radius 1 is 1.23 bits per heavy atom. The van der Waals surface area contributed by atoms with Crippen LogP contribution >= 0.6 is 23.2 Å². The van der Waals surface area contributed by atoms with Crippen LogP contribution in [0.25, 0.3) is 0 Å². The number of nitrogens with zero attached hydrogens (tertiary/aromatic N) is 1. The SMILES string of the molecule is NC1CN(c2ccc(Cl)c(Cl)c2)c2cccc(F)c2NC1=O. The molecule has 0 aliphatic carbocycles. The quantitative estimate of drug-likeness (QED) is 0.835. The molecule has 1 aliphatic rings. The smallest absolute Gasteiger partial charge is 0.243 e. The van der Waals surface area contributed by atoms with Gasteiger partial charge in [-0.3, -0.25) is 4.79 Å². The lowest BCUT2D eigenvalue weighted by atomic mass is 10.2. The molecular formula is C15H12Cl2FN3O. The van der Waals surface area contributed by atoms with E-state index in [0.29, 0.717) is 21.4 Å². The van der Waals surface area contributed by atoms with Crippen molar-refractivity contribution in [2.75, 3.05) is 16.8 Å². The predicted molar refractivity (Wildman–Crippen MR) is 86.5 cm³/mol. The van der Waals surface area contributed by atoms with Gasteiger partial charge in [-0.1, -0.05) is 29.3 Å². The molecule has 1 heterocycles. The minimum Gasteiger partial charge on any atom is -0.338 e. The largest absolute Gasteiger partial charge is 0.338 e. The standard InChI is InChI=1S/C15H12Cl2FN3O/c16-9-5-4-8(6-10(9)17)21-7-12(19)15(22)20-14-11(18)2-1-3-13(14)21/h1-6,12H,7,19H2,(H,20,22). The summed E-state index contributed by atoms with van der Waals surface area (Å²) in [7, 11) is 0. The maximum atomic E-state index is 14.1. The fraction of sp³-hybridized carbons (Fsp3) is 0.133. The molecule has 22 heavy (non-hydrogen) atoms. The Hall–Kier alpha value is -1.82. The van der Waals surface area contributed by atoms with E-state index in [9.17, 15) is 9.18 Å². The third-order valence-electron chi connectivity index (χ3n) is 3.46. The number of nitrogens with two attached hydrogens (primary N) is 1. The number of fused-ring (bicyclic) bond motifs is 1. The second-order valence-electron chi connectivity index (χ2n) is 4.94. The van der Waals surface area contributed by atoms with E-state index in [0.717, 1.165) is 0 Å². The number of nitrogens with one attached hydrogen (secondary N) is 1. The van der Waals surface area contributed by atoms with Gasteiger partial charge in [-0.25, -0.2) is 4.39 Å². The number of rotatable bonds is 1. The zero-order valence-electron chi connectivity index (χ0n) is 11.3. The van der Waals surface area contributed by atoms with Crippen LogP contribution in [0.4, 0.5) is 21.5 Å². The summed E-state index contributed by atoms with van der Waals surface area (Å²) in [5.74, 6) is -0.959. The van der Waals surface area contributed by atoms with E-state index >= 15 is 0 Å². The van der Waals surface area contributed by atoms with Crippen LogP contribution in [0.1, 0.15) is 0 Å². The fourth-order valence-electron chi connectivity index (χ4n) is 2.35. The summed E-state index contributed by atoms with van der Waals surface area (Å²) in [5.41, 5.74) is 7.16. The van der Waals surface area contributed by atoms with E-state index in [-0.39, 0.29) is 12.2 Å². The Balaban J connectivity index is 2.16. The van der Waals surface area contributed by atoms with Crippen molar-refractivity contribution in [3.63, 3.8) is 0 Å². The number of benzene rings is 2. The summed E-state index contributed by atoms with van der Waals surface area (Å²) in [6.45, 7) is 0.195. The highest BCUT2D eigenvalue weighted by Crippen LogP contribution is 2.37. The van der Waals surface area contributed by atoms with Crippen LogP contribution in [0.5, 0.6) is 0 Å². The van der Waals surface area contributed by atoms with E-state index < -0.39 is 17.8 Å². The molecule has 2 aromatic rings. The van der Waals surface area contributed by atoms with Crippen LogP contribution in [0, 0.1) is 5.82 Å². The third-order valence-corrected chi connectivity index (χ3v) is 4.20. The molecule has 0 bridgehead atoms. The lowest BCUT2D eigenvalue weighted by molar-refractivity contribution is -0.117. The maximum Gasteiger partial charge on any atom is 0.243 e. The molecule has 0 aromatic heterocycles. The molecule has 0 fully saturated rings. The first kappa shape index (κ1) is 15.1. The molecule has 114 valence electrons. The number of halogens is 3. The molecule has 3 rings (SSSR count). The van der Waals surface area contributed by atoms with Crippen LogP contribution in [0.3, 0.4) is 0 Å². The number of carbonyl (C=O) groups is 1. The summed E-state index contributed by atoms with van der Waals surface area (Å²) in [6.07, 6.45) is 0. The van der Waals surface area contributed by atoms with Crippen LogP contribution in [-0.2, 0) is 4.79 Å². The van der Waals surface area contributed by atoms with Crippen LogP contribution < -0.4 is 16.0 Å². The zero-order valence-corrected chi connectivity index (χ0v) is 12.8. The van der Waals surface area contributed by atoms with Gasteiger partial charge in [-0.2, -0.15) is 0 Å². The number of hydrogen-bond donors (Lipinski definition) is 2. The molecule has 0 saturated carbocycles. The number of anilines is 3. The van der Waals surface area contributed by atoms with E-state index in [2.05, 4.69) is 5.32 Å². The van der Waals surface area contributed by atoms with Crippen molar-refractivity contribution in [2.45, 2.75) is 6.04 Å². The lowest BCUT2D eigenvalue weighted by Crippen LogP contribution is -2.41. The lowest BCUT2D eigenvalue weighted by Gasteiger charge is -2.26. The predicted octanol–water partition coefficient (Wildman–Crippen LogP) is 3.55. The van der Waals surface area contributed by atoms with Gasteiger partial charge < -0.3 is 16.0 Å². The second kappa shape index (κ2) is 5.76. The summed E-state index contributed by atoms with van der Waals surface area (Å²) < 4.78 is 14.1. The van der Waals surface area contributed by atoms with Crippen molar-refractivity contribution in [3.8, 4) is 0 Å². The average molecular weight is 340 g/mol. The molecule has 3 N–H and O–H groups in total. The van der Waals surface area contributed by atoms with Crippen LogP contribution in [0.15, 0.2) is 36.4 Å². The first-order valence-corrected chi connectivity index (χ1v) is 7.30. The van der Waals surface area contributed by atoms with Crippen molar-refractivity contribution < 1.29 is 9.18 Å². The highest BCUT2D eigenvalue weighted by Gasteiger charge is 2.28. The van der Waals surface area contributed by atoms with Gasteiger partial charge in [0.2, 0.25) is 5.91 Å². The highest BCUT2D eigenvalue weighted by atomic mass is 35.5. The summed E-state index contributed by atoms with van der Waals surface area (Å²) in [4.78, 5) is 13.7. The Morgan fingerprint density at radius 2 is 2.00 bits per heavy atom. The number of para-hydroxylation sites is 1. The highest BCUT2D eigenvalue weighted by molar-refractivity contribution is 6.42. The monoisotopic (exact) mass is 339 g/mol. The van der Waals surface area contributed by atoms with Crippen LogP contribution in [0.2, 0.25) is 10.0 Å². The van der Waals surface area contributed by atoms with Gasteiger partial charge in [0.25, 0.3) is 0 Å². The molecule has 1 amide bonds. The normalized spacial score (nSPS) is 17.7. The van der Waals surface area contributed by atoms with Gasteiger partial charge in [0.1, 0.15) is 17.5 Å². The van der Waals surface area contributed by atoms with Crippen molar-refractivity contribution in [1.29, 1.82) is 0 Å². The van der Waals surface area contributed by atoms with Gasteiger partial charge in [0.15, 0.2) is 0 Å².